The Morgan fingerprint density at radius 3 is 2.79 bits per heavy atom. The Kier molecular flexibility index (Phi) is 5.17. The van der Waals surface area contributed by atoms with Crippen molar-refractivity contribution in [1.82, 2.24) is 0 Å². The fourth-order valence-corrected chi connectivity index (χ4v) is 2.25. The Morgan fingerprint density at radius 1 is 1.29 bits per heavy atom. The molecule has 0 amide bonds. The van der Waals surface area contributed by atoms with Gasteiger partial charge in [0.25, 0.3) is 0 Å². The number of aryl methyl sites for hydroxylation is 1. The van der Waals surface area contributed by atoms with Crippen LogP contribution in [-0.4, -0.2) is 5.75 Å². The van der Waals surface area contributed by atoms with Gasteiger partial charge in [0.15, 0.2) is 0 Å². The average Bonchev–Trinajstić information content (AvgIpc) is 2.20. The lowest BCUT2D eigenvalue weighted by molar-refractivity contribution is 0.830. The minimum Gasteiger partial charge on any atom is -0.198 e. The molecule has 0 unspecified atom stereocenters. The lowest BCUT2D eigenvalue weighted by atomic mass is 10.2. The van der Waals surface area contributed by atoms with Crippen LogP contribution in [0, 0.1) is 18.3 Å². The number of benzene rings is 1. The number of hydrogen-bond acceptors (Lipinski definition) is 2. The maximum Gasteiger partial charge on any atom is 0.0621 e. The minimum atomic E-state index is 0.689. The average molecular weight is 205 g/mol. The minimum absolute atomic E-state index is 0.689. The van der Waals surface area contributed by atoms with Crippen LogP contribution in [0.5, 0.6) is 0 Å². The molecule has 1 nitrogen and oxygen atoms in total. The van der Waals surface area contributed by atoms with Crippen molar-refractivity contribution in [3.63, 3.8) is 0 Å². The molecule has 1 aromatic rings. The molecule has 74 valence electrons. The molecule has 0 atom stereocenters. The first-order chi connectivity index (χ1) is 6.84. The van der Waals surface area contributed by atoms with Crippen molar-refractivity contribution in [2.24, 2.45) is 0 Å². The Labute approximate surface area is 90.1 Å². The topological polar surface area (TPSA) is 23.8 Å². The van der Waals surface area contributed by atoms with Gasteiger partial charge >= 0.3 is 0 Å². The highest BCUT2D eigenvalue weighted by Crippen LogP contribution is 2.22. The molecule has 0 heterocycles. The molecule has 14 heavy (non-hydrogen) atoms. The molecule has 0 bridgehead atoms. The third-order valence-electron chi connectivity index (χ3n) is 2.03. The Bertz CT molecular complexity index is 314. The van der Waals surface area contributed by atoms with Crippen LogP contribution in [0.4, 0.5) is 0 Å². The van der Waals surface area contributed by atoms with E-state index in [0.29, 0.717) is 6.42 Å². The maximum absolute atomic E-state index is 8.37. The van der Waals surface area contributed by atoms with Crippen LogP contribution in [0.25, 0.3) is 0 Å². The zero-order valence-corrected chi connectivity index (χ0v) is 9.31. The number of hydrogen-bond donors (Lipinski definition) is 0. The lowest BCUT2D eigenvalue weighted by Gasteiger charge is -2.03. The van der Waals surface area contributed by atoms with Crippen molar-refractivity contribution in [1.29, 1.82) is 5.26 Å². The van der Waals surface area contributed by atoms with Gasteiger partial charge in [-0.25, -0.2) is 0 Å². The van der Waals surface area contributed by atoms with E-state index < -0.39 is 0 Å². The Morgan fingerprint density at radius 2 is 2.07 bits per heavy atom. The maximum atomic E-state index is 8.37. The summed E-state index contributed by atoms with van der Waals surface area (Å²) in [6.45, 7) is 2.14. The predicted molar refractivity (Wildman–Crippen MR) is 61.4 cm³/mol. The fourth-order valence-electron chi connectivity index (χ4n) is 1.21. The summed E-state index contributed by atoms with van der Waals surface area (Å²) in [4.78, 5) is 1.37. The van der Waals surface area contributed by atoms with Gasteiger partial charge < -0.3 is 0 Å². The number of rotatable bonds is 5. The Hall–Kier alpha value is -0.940. The van der Waals surface area contributed by atoms with Gasteiger partial charge in [-0.1, -0.05) is 18.2 Å². The summed E-state index contributed by atoms with van der Waals surface area (Å²) in [7, 11) is 0. The summed E-state index contributed by atoms with van der Waals surface area (Å²) in [6, 6.07) is 10.6. The van der Waals surface area contributed by atoms with Crippen LogP contribution < -0.4 is 0 Å². The quantitative estimate of drug-likeness (QED) is 0.539. The molecule has 0 aliphatic heterocycles. The van der Waals surface area contributed by atoms with Crippen LogP contribution in [0.3, 0.4) is 0 Å². The third kappa shape index (κ3) is 3.85. The second-order valence-corrected chi connectivity index (χ2v) is 4.37. The molecule has 1 aromatic carbocycles. The zero-order chi connectivity index (χ0) is 10.2. The molecule has 0 aliphatic carbocycles. The standard InChI is InChI=1S/C12H15NS/c1-11-7-3-4-8-12(11)14-10-6-2-5-9-13/h3-4,7-8H,2,5-6,10H2,1H3. The predicted octanol–water partition coefficient (Wildman–Crippen LogP) is 3.78. The number of unbranched alkanes of at least 4 members (excludes halogenated alkanes) is 2. The summed E-state index contributed by atoms with van der Waals surface area (Å²) in [5, 5.41) is 8.37. The molecule has 0 saturated carbocycles. The van der Waals surface area contributed by atoms with E-state index in [4.69, 9.17) is 5.26 Å². The van der Waals surface area contributed by atoms with Crippen molar-refractivity contribution in [2.75, 3.05) is 5.75 Å². The lowest BCUT2D eigenvalue weighted by Crippen LogP contribution is -1.83. The van der Waals surface area contributed by atoms with E-state index in [1.807, 2.05) is 11.8 Å². The Balaban J connectivity index is 2.25. The van der Waals surface area contributed by atoms with E-state index in [2.05, 4.69) is 37.3 Å². The van der Waals surface area contributed by atoms with E-state index in [-0.39, 0.29) is 0 Å². The summed E-state index contributed by atoms with van der Waals surface area (Å²) >= 11 is 1.89. The fraction of sp³-hybridized carbons (Fsp3) is 0.417. The van der Waals surface area contributed by atoms with Crippen molar-refractivity contribution >= 4 is 11.8 Å². The monoisotopic (exact) mass is 205 g/mol. The van der Waals surface area contributed by atoms with Gasteiger partial charge in [0, 0.05) is 11.3 Å². The summed E-state index contributed by atoms with van der Waals surface area (Å²) in [6.07, 6.45) is 2.84. The largest absolute Gasteiger partial charge is 0.198 e. The van der Waals surface area contributed by atoms with Crippen LogP contribution in [0.15, 0.2) is 29.2 Å². The second kappa shape index (κ2) is 6.50. The molecule has 0 aromatic heterocycles. The van der Waals surface area contributed by atoms with Crippen molar-refractivity contribution in [3.8, 4) is 6.07 Å². The first kappa shape index (κ1) is 11.1. The van der Waals surface area contributed by atoms with E-state index in [1.165, 1.54) is 10.5 Å². The summed E-state index contributed by atoms with van der Waals surface area (Å²) in [5.41, 5.74) is 1.35. The molecule has 0 saturated heterocycles. The van der Waals surface area contributed by atoms with Crippen molar-refractivity contribution in [3.05, 3.63) is 29.8 Å². The van der Waals surface area contributed by atoms with Crippen LogP contribution in [-0.2, 0) is 0 Å². The van der Waals surface area contributed by atoms with Crippen LogP contribution in [0.1, 0.15) is 24.8 Å². The molecule has 0 fully saturated rings. The highest BCUT2D eigenvalue weighted by molar-refractivity contribution is 7.99. The number of thioether (sulfide) groups is 1. The van der Waals surface area contributed by atoms with Crippen molar-refractivity contribution in [2.45, 2.75) is 31.1 Å². The molecule has 0 radical (unpaired) electrons. The van der Waals surface area contributed by atoms with Gasteiger partial charge in [0.05, 0.1) is 6.07 Å². The highest BCUT2D eigenvalue weighted by atomic mass is 32.2. The number of nitriles is 1. The molecule has 2 heteroatoms. The third-order valence-corrected chi connectivity index (χ3v) is 3.30. The summed E-state index contributed by atoms with van der Waals surface area (Å²) in [5.74, 6) is 1.12. The molecular weight excluding hydrogens is 190 g/mol. The smallest absolute Gasteiger partial charge is 0.0621 e. The summed E-state index contributed by atoms with van der Waals surface area (Å²) < 4.78 is 0. The first-order valence-electron chi connectivity index (χ1n) is 4.90. The molecule has 0 aliphatic rings. The van der Waals surface area contributed by atoms with E-state index in [0.717, 1.165) is 18.6 Å². The molecule has 0 spiro atoms. The highest BCUT2D eigenvalue weighted by Gasteiger charge is 1.96. The number of nitrogens with zero attached hydrogens (tertiary/aromatic N) is 1. The van der Waals surface area contributed by atoms with Gasteiger partial charge in [-0.3, -0.25) is 0 Å². The van der Waals surface area contributed by atoms with E-state index >= 15 is 0 Å². The van der Waals surface area contributed by atoms with Gasteiger partial charge in [0.2, 0.25) is 0 Å². The second-order valence-electron chi connectivity index (χ2n) is 3.23. The van der Waals surface area contributed by atoms with Crippen molar-refractivity contribution < 1.29 is 0 Å². The van der Waals surface area contributed by atoms with Gasteiger partial charge in [-0.2, -0.15) is 5.26 Å². The van der Waals surface area contributed by atoms with Crippen LogP contribution >= 0.6 is 11.8 Å². The molecule has 0 N–H and O–H groups in total. The SMILES string of the molecule is Cc1ccccc1SCCCCC#N. The zero-order valence-electron chi connectivity index (χ0n) is 8.49. The van der Waals surface area contributed by atoms with Gasteiger partial charge in [0.1, 0.15) is 0 Å². The van der Waals surface area contributed by atoms with Gasteiger partial charge in [-0.05, 0) is 37.1 Å². The van der Waals surface area contributed by atoms with Crippen LogP contribution in [0.2, 0.25) is 0 Å². The normalized spacial score (nSPS) is 9.71. The first-order valence-corrected chi connectivity index (χ1v) is 5.88. The molecular formula is C12H15NS. The van der Waals surface area contributed by atoms with Gasteiger partial charge in [-0.15, -0.1) is 11.8 Å². The van der Waals surface area contributed by atoms with E-state index in [9.17, 15) is 0 Å². The van der Waals surface area contributed by atoms with E-state index in [1.54, 1.807) is 0 Å². The molecule has 1 rings (SSSR count).